The Morgan fingerprint density at radius 3 is 2.92 bits per heavy atom. The number of aliphatic hydroxyl groups is 2. The van der Waals surface area contributed by atoms with Crippen molar-refractivity contribution in [1.82, 2.24) is 19.1 Å². The second-order valence-corrected chi connectivity index (χ2v) is 7.85. The minimum Gasteiger partial charge on any atom is -0.394 e. The van der Waals surface area contributed by atoms with Gasteiger partial charge in [-0.15, -0.1) is 0 Å². The lowest BCUT2D eigenvalue weighted by atomic mass is 10.0. The Morgan fingerprint density at radius 1 is 1.40 bits per heavy atom. The van der Waals surface area contributed by atoms with Gasteiger partial charge >= 0.3 is 7.60 Å². The molecule has 25 heavy (non-hydrogen) atoms. The second kappa shape index (κ2) is 5.90. The van der Waals surface area contributed by atoms with E-state index in [2.05, 4.69) is 15.3 Å². The lowest BCUT2D eigenvalue weighted by molar-refractivity contribution is -0.0500. The van der Waals surface area contributed by atoms with Gasteiger partial charge in [-0.3, -0.25) is 9.13 Å². The minimum atomic E-state index is -4.37. The van der Waals surface area contributed by atoms with Gasteiger partial charge in [-0.05, 0) is 0 Å². The van der Waals surface area contributed by atoms with Gasteiger partial charge in [0.1, 0.15) is 17.6 Å². The Hall–Kier alpha value is -1.75. The number of nitrogens with zero attached hydrogens (tertiary/aromatic N) is 4. The highest BCUT2D eigenvalue weighted by molar-refractivity contribution is 7.51. The number of fused-ring (bicyclic) bond motifs is 3. The van der Waals surface area contributed by atoms with Crippen LogP contribution in [0.1, 0.15) is 6.23 Å². The van der Waals surface area contributed by atoms with E-state index in [1.807, 2.05) is 10.8 Å². The molecule has 1 fully saturated rings. The predicted octanol–water partition coefficient (Wildman–Crippen LogP) is -0.826. The first-order chi connectivity index (χ1) is 11.9. The largest absolute Gasteiger partial charge is 0.394 e. The Morgan fingerprint density at radius 2 is 2.20 bits per heavy atom. The van der Waals surface area contributed by atoms with Gasteiger partial charge in [0.2, 0.25) is 0 Å². The van der Waals surface area contributed by atoms with Gasteiger partial charge in [0.25, 0.3) is 0 Å². The smallest absolute Gasteiger partial charge is 0.326 e. The normalized spacial score (nSPS) is 28.5. The van der Waals surface area contributed by atoms with E-state index >= 15 is 0 Å². The van der Waals surface area contributed by atoms with E-state index in [9.17, 15) is 24.6 Å². The van der Waals surface area contributed by atoms with Crippen LogP contribution in [0.25, 0.3) is 11.5 Å². The summed E-state index contributed by atoms with van der Waals surface area (Å²) < 4.78 is 20.4. The summed E-state index contributed by atoms with van der Waals surface area (Å²) in [4.78, 5) is 27.0. The first kappa shape index (κ1) is 16.7. The zero-order chi connectivity index (χ0) is 17.8. The summed E-state index contributed by atoms with van der Waals surface area (Å²) in [5.74, 6) is 0.376. The zero-order valence-corrected chi connectivity index (χ0v) is 13.9. The molecule has 136 valence electrons. The van der Waals surface area contributed by atoms with Crippen LogP contribution in [0, 0.1) is 5.92 Å². The molecule has 5 N–H and O–H groups in total. The van der Waals surface area contributed by atoms with Gasteiger partial charge in [-0.25, -0.2) is 9.97 Å². The number of anilines is 1. The number of hydrogen-bond donors (Lipinski definition) is 5. The lowest BCUT2D eigenvalue weighted by Crippen LogP contribution is -2.31. The van der Waals surface area contributed by atoms with Crippen LogP contribution < -0.4 is 5.32 Å². The molecule has 0 aliphatic carbocycles. The third-order valence-corrected chi connectivity index (χ3v) is 5.46. The number of aromatic nitrogens is 4. The SMILES string of the molecule is O=P(O)(O)C[C@H]1[C@@H](O)[C@H](n2cnc3c2NCn2ccnc2-3)O[C@@H]1CO. The van der Waals surface area contributed by atoms with Crippen LogP contribution in [0.4, 0.5) is 5.82 Å². The van der Waals surface area contributed by atoms with E-state index in [1.54, 1.807) is 10.8 Å². The standard InChI is InChI=1S/C13H18N5O6P/c19-3-8-7(4-25(21,22)23)10(20)13(24-8)18-6-15-9-11-14-1-2-17(11)5-16-12(9)18/h1-2,6-8,10,13,16,19-20H,3-5H2,(H2,21,22,23)/t7-,8-,10-,13-/m1/s1. The molecule has 0 amide bonds. The van der Waals surface area contributed by atoms with Crippen molar-refractivity contribution in [2.75, 3.05) is 18.1 Å². The average molecular weight is 371 g/mol. The highest BCUT2D eigenvalue weighted by atomic mass is 31.2. The number of rotatable bonds is 4. The van der Waals surface area contributed by atoms with Crippen molar-refractivity contribution in [3.05, 3.63) is 18.7 Å². The van der Waals surface area contributed by atoms with Crippen molar-refractivity contribution >= 4 is 13.4 Å². The van der Waals surface area contributed by atoms with Gasteiger partial charge < -0.3 is 34.6 Å². The Balaban J connectivity index is 1.67. The quantitative estimate of drug-likeness (QED) is 0.433. The first-order valence-electron chi connectivity index (χ1n) is 7.70. The number of nitrogens with one attached hydrogen (secondary N) is 1. The topological polar surface area (TPSA) is 155 Å². The maximum absolute atomic E-state index is 11.3. The van der Waals surface area contributed by atoms with E-state index in [0.29, 0.717) is 24.0 Å². The molecular formula is C13H18N5O6P. The van der Waals surface area contributed by atoms with Crippen molar-refractivity contribution in [2.45, 2.75) is 25.1 Å². The van der Waals surface area contributed by atoms with Gasteiger partial charge in [-0.2, -0.15) is 0 Å². The van der Waals surface area contributed by atoms with Crippen LogP contribution in [0.5, 0.6) is 0 Å². The molecule has 12 heteroatoms. The molecule has 0 unspecified atom stereocenters. The molecule has 2 aromatic heterocycles. The maximum Gasteiger partial charge on any atom is 0.326 e. The molecule has 0 aromatic carbocycles. The van der Waals surface area contributed by atoms with Crippen LogP contribution in [-0.2, 0) is 16.0 Å². The van der Waals surface area contributed by atoms with Crippen LogP contribution in [-0.4, -0.2) is 64.1 Å². The molecule has 4 heterocycles. The average Bonchev–Trinajstić information content (AvgIpc) is 3.23. The Kier molecular flexibility index (Phi) is 3.95. The summed E-state index contributed by atoms with van der Waals surface area (Å²) in [7, 11) is -4.37. The Bertz CT molecular complexity index is 831. The molecular weight excluding hydrogens is 353 g/mol. The minimum absolute atomic E-state index is 0.451. The summed E-state index contributed by atoms with van der Waals surface area (Å²) >= 11 is 0. The van der Waals surface area contributed by atoms with Crippen molar-refractivity contribution in [3.63, 3.8) is 0 Å². The summed E-state index contributed by atoms with van der Waals surface area (Å²) in [6.45, 7) is 0.0130. The van der Waals surface area contributed by atoms with Crippen molar-refractivity contribution in [2.24, 2.45) is 5.92 Å². The molecule has 0 bridgehead atoms. The third kappa shape index (κ3) is 2.78. The molecule has 11 nitrogen and oxygen atoms in total. The first-order valence-corrected chi connectivity index (χ1v) is 9.50. The van der Waals surface area contributed by atoms with E-state index in [1.165, 1.54) is 6.33 Å². The summed E-state index contributed by atoms with van der Waals surface area (Å²) in [5, 5.41) is 23.2. The maximum atomic E-state index is 11.3. The fourth-order valence-electron chi connectivity index (χ4n) is 3.41. The van der Waals surface area contributed by atoms with Gasteiger partial charge in [0, 0.05) is 18.3 Å². The molecule has 0 spiro atoms. The van der Waals surface area contributed by atoms with Gasteiger partial charge in [0.15, 0.2) is 12.1 Å². The van der Waals surface area contributed by atoms with Crippen LogP contribution in [0.2, 0.25) is 0 Å². The number of ether oxygens (including phenoxy) is 1. The zero-order valence-electron chi connectivity index (χ0n) is 13.0. The lowest BCUT2D eigenvalue weighted by Gasteiger charge is -2.23. The summed E-state index contributed by atoms with van der Waals surface area (Å²) in [5.41, 5.74) is 0.589. The van der Waals surface area contributed by atoms with E-state index < -0.39 is 44.7 Å². The van der Waals surface area contributed by atoms with Crippen molar-refractivity contribution in [3.8, 4) is 11.5 Å². The van der Waals surface area contributed by atoms with Gasteiger partial charge in [-0.1, -0.05) is 0 Å². The van der Waals surface area contributed by atoms with Crippen LogP contribution in [0.15, 0.2) is 18.7 Å². The monoisotopic (exact) mass is 371 g/mol. The van der Waals surface area contributed by atoms with Gasteiger partial charge in [0.05, 0.1) is 31.9 Å². The highest BCUT2D eigenvalue weighted by Gasteiger charge is 2.47. The molecule has 2 aliphatic rings. The number of hydrogen-bond acceptors (Lipinski definition) is 7. The second-order valence-electron chi connectivity index (χ2n) is 6.15. The number of aliphatic hydroxyl groups excluding tert-OH is 2. The number of imidazole rings is 2. The van der Waals surface area contributed by atoms with E-state index in [0.717, 1.165) is 0 Å². The van der Waals surface area contributed by atoms with E-state index in [-0.39, 0.29) is 0 Å². The molecule has 0 radical (unpaired) electrons. The summed E-state index contributed by atoms with van der Waals surface area (Å²) in [6.07, 6.45) is 1.38. The summed E-state index contributed by atoms with van der Waals surface area (Å²) in [6, 6.07) is 0. The fraction of sp³-hybridized carbons (Fsp3) is 0.538. The molecule has 4 rings (SSSR count). The van der Waals surface area contributed by atoms with Crippen LogP contribution in [0.3, 0.4) is 0 Å². The predicted molar refractivity (Wildman–Crippen MR) is 84.5 cm³/mol. The van der Waals surface area contributed by atoms with Crippen molar-refractivity contribution in [1.29, 1.82) is 0 Å². The van der Waals surface area contributed by atoms with Crippen LogP contribution >= 0.6 is 7.60 Å². The molecule has 2 aliphatic heterocycles. The van der Waals surface area contributed by atoms with Crippen molar-refractivity contribution < 1.29 is 29.3 Å². The molecule has 0 saturated carbocycles. The highest BCUT2D eigenvalue weighted by Crippen LogP contribution is 2.45. The fourth-order valence-corrected chi connectivity index (χ4v) is 4.41. The molecule has 2 aromatic rings. The third-order valence-electron chi connectivity index (χ3n) is 4.56. The molecule has 1 saturated heterocycles. The molecule has 4 atom stereocenters. The van der Waals surface area contributed by atoms with E-state index in [4.69, 9.17) is 4.74 Å². The Labute approximate surface area is 142 Å².